The number of ether oxygens (including phenoxy) is 4. The predicted molar refractivity (Wildman–Crippen MR) is 73.4 cm³/mol. The maximum absolute atomic E-state index is 10.2. The van der Waals surface area contributed by atoms with Gasteiger partial charge >= 0.3 is 0 Å². The van der Waals surface area contributed by atoms with Crippen molar-refractivity contribution >= 4 is 0 Å². The molecule has 2 heterocycles. The Morgan fingerprint density at radius 2 is 1.21 bits per heavy atom. The molecule has 11 heteroatoms. The van der Waals surface area contributed by atoms with Crippen molar-refractivity contribution in [3.63, 3.8) is 0 Å². The minimum Gasteiger partial charge on any atom is -0.394 e. The molecule has 0 spiro atoms. The Morgan fingerprint density at radius 3 is 1.71 bits per heavy atom. The number of hydrogen-bond acceptors (Lipinski definition) is 11. The minimum absolute atomic E-state index is 0.565. The van der Waals surface area contributed by atoms with Crippen LogP contribution in [0.3, 0.4) is 0 Å². The molecule has 0 aromatic heterocycles. The molecule has 0 amide bonds. The number of aliphatic hydroxyl groups excluding tert-OH is 7. The number of aliphatic hydroxyl groups is 7. The SMILES string of the molecule is CO[C@H]1O[C@H](CO)[C@@H](O)[C@H](O)[C@H]1O[C@H]1O[C@H](CO)[C@@H](O)[C@H](O)[C@@H]1O. The summed E-state index contributed by atoms with van der Waals surface area (Å²) in [7, 11) is 1.24. The topological polar surface area (TPSA) is 179 Å². The Bertz CT molecular complexity index is 392. The van der Waals surface area contributed by atoms with Crippen molar-refractivity contribution < 1.29 is 54.7 Å². The largest absolute Gasteiger partial charge is 0.394 e. The Hall–Kier alpha value is -0.440. The van der Waals surface area contributed by atoms with Gasteiger partial charge in [0.2, 0.25) is 0 Å². The first kappa shape index (κ1) is 19.9. The molecule has 0 aromatic rings. The summed E-state index contributed by atoms with van der Waals surface area (Å²) in [5, 5.41) is 67.8. The second-order valence-electron chi connectivity index (χ2n) is 5.74. The van der Waals surface area contributed by atoms with Crippen LogP contribution in [-0.2, 0) is 18.9 Å². The first-order valence-electron chi connectivity index (χ1n) is 7.46. The molecular weight excluding hydrogens is 332 g/mol. The van der Waals surface area contributed by atoms with E-state index in [2.05, 4.69) is 0 Å². The molecule has 0 unspecified atom stereocenters. The van der Waals surface area contributed by atoms with Gasteiger partial charge in [0.25, 0.3) is 0 Å². The van der Waals surface area contributed by atoms with E-state index in [0.29, 0.717) is 0 Å². The summed E-state index contributed by atoms with van der Waals surface area (Å²) in [5.41, 5.74) is 0. The predicted octanol–water partition coefficient (Wildman–Crippen LogP) is -4.74. The van der Waals surface area contributed by atoms with Crippen molar-refractivity contribution in [2.75, 3.05) is 20.3 Å². The molecule has 0 bridgehead atoms. The molecule has 2 rings (SSSR count). The molecule has 11 nitrogen and oxygen atoms in total. The second-order valence-corrected chi connectivity index (χ2v) is 5.74. The highest BCUT2D eigenvalue weighted by molar-refractivity contribution is 4.93. The highest BCUT2D eigenvalue weighted by Gasteiger charge is 2.50. The number of rotatable bonds is 5. The molecule has 0 aromatic carbocycles. The second kappa shape index (κ2) is 8.29. The van der Waals surface area contributed by atoms with E-state index in [9.17, 15) is 25.5 Å². The highest BCUT2D eigenvalue weighted by Crippen LogP contribution is 2.29. The summed E-state index contributed by atoms with van der Waals surface area (Å²) in [6.07, 6.45) is -14.3. The van der Waals surface area contributed by atoms with Crippen LogP contribution < -0.4 is 0 Å². The standard InChI is InChI=1S/C13H24O11/c1-21-13-11(9(19)7(17)5(3-15)23-13)24-12-10(20)8(18)6(16)4(2-14)22-12/h4-20H,2-3H2,1H3/t4-,5-,6-,7-,8+,9+,10+,11-,12-,13+/m1/s1. The third-order valence-electron chi connectivity index (χ3n) is 4.20. The van der Waals surface area contributed by atoms with Gasteiger partial charge in [-0.3, -0.25) is 0 Å². The summed E-state index contributed by atoms with van der Waals surface area (Å²) >= 11 is 0. The molecule has 0 saturated carbocycles. The van der Waals surface area contributed by atoms with Gasteiger partial charge in [-0.05, 0) is 0 Å². The molecule has 2 fully saturated rings. The van der Waals surface area contributed by atoms with Gasteiger partial charge in [0.1, 0.15) is 48.8 Å². The zero-order chi connectivity index (χ0) is 18.0. The molecule has 2 aliphatic heterocycles. The summed E-state index contributed by atoms with van der Waals surface area (Å²) in [5.74, 6) is 0. The zero-order valence-corrected chi connectivity index (χ0v) is 13.0. The van der Waals surface area contributed by atoms with Gasteiger partial charge in [-0.1, -0.05) is 0 Å². The van der Waals surface area contributed by atoms with Crippen LogP contribution in [-0.4, -0.2) is 117 Å². The molecule has 10 atom stereocenters. The van der Waals surface area contributed by atoms with Gasteiger partial charge in [0.15, 0.2) is 12.6 Å². The van der Waals surface area contributed by atoms with E-state index in [4.69, 9.17) is 29.2 Å². The quantitative estimate of drug-likeness (QED) is 0.251. The fourth-order valence-corrected chi connectivity index (χ4v) is 2.73. The van der Waals surface area contributed by atoms with Crippen LogP contribution >= 0.6 is 0 Å². The number of hydrogen-bond donors (Lipinski definition) is 7. The third kappa shape index (κ3) is 3.71. The van der Waals surface area contributed by atoms with E-state index in [0.717, 1.165) is 0 Å². The van der Waals surface area contributed by atoms with Gasteiger partial charge in [-0.15, -0.1) is 0 Å². The van der Waals surface area contributed by atoms with E-state index >= 15 is 0 Å². The molecule has 2 aliphatic rings. The third-order valence-corrected chi connectivity index (χ3v) is 4.20. The van der Waals surface area contributed by atoms with Gasteiger partial charge in [-0.25, -0.2) is 0 Å². The lowest BCUT2D eigenvalue weighted by molar-refractivity contribution is -0.364. The lowest BCUT2D eigenvalue weighted by atomic mass is 9.97. The van der Waals surface area contributed by atoms with Crippen molar-refractivity contribution in [3.05, 3.63) is 0 Å². The van der Waals surface area contributed by atoms with Crippen molar-refractivity contribution in [2.45, 2.75) is 61.4 Å². The number of methoxy groups -OCH3 is 1. The van der Waals surface area contributed by atoms with Crippen molar-refractivity contribution in [3.8, 4) is 0 Å². The summed E-state index contributed by atoms with van der Waals surface area (Å²) < 4.78 is 20.8. The fourth-order valence-electron chi connectivity index (χ4n) is 2.73. The Balaban J connectivity index is 2.12. The Kier molecular flexibility index (Phi) is 6.87. The molecule has 24 heavy (non-hydrogen) atoms. The summed E-state index contributed by atoms with van der Waals surface area (Å²) in [4.78, 5) is 0. The van der Waals surface area contributed by atoms with Gasteiger partial charge in [0, 0.05) is 7.11 Å². The van der Waals surface area contributed by atoms with Crippen LogP contribution in [0.25, 0.3) is 0 Å². The smallest absolute Gasteiger partial charge is 0.187 e. The minimum atomic E-state index is -1.68. The monoisotopic (exact) mass is 356 g/mol. The van der Waals surface area contributed by atoms with Crippen LogP contribution in [0, 0.1) is 0 Å². The molecule has 0 radical (unpaired) electrons. The molecular formula is C13H24O11. The zero-order valence-electron chi connectivity index (χ0n) is 13.0. The highest BCUT2D eigenvalue weighted by atomic mass is 16.8. The Labute approximate surface area is 137 Å². The van der Waals surface area contributed by atoms with E-state index in [1.54, 1.807) is 0 Å². The molecule has 0 aliphatic carbocycles. The van der Waals surface area contributed by atoms with E-state index < -0.39 is 74.6 Å². The molecule has 142 valence electrons. The lowest BCUT2D eigenvalue weighted by Crippen LogP contribution is -2.64. The lowest BCUT2D eigenvalue weighted by Gasteiger charge is -2.45. The average Bonchev–Trinajstić information content (AvgIpc) is 2.59. The normalized spacial score (nSPS) is 50.0. The van der Waals surface area contributed by atoms with Crippen molar-refractivity contribution in [2.24, 2.45) is 0 Å². The maximum atomic E-state index is 10.2. The summed E-state index contributed by atoms with van der Waals surface area (Å²) in [6, 6.07) is 0. The van der Waals surface area contributed by atoms with Crippen LogP contribution in [0.4, 0.5) is 0 Å². The van der Waals surface area contributed by atoms with Crippen molar-refractivity contribution in [1.82, 2.24) is 0 Å². The van der Waals surface area contributed by atoms with Crippen molar-refractivity contribution in [1.29, 1.82) is 0 Å². The van der Waals surface area contributed by atoms with Crippen LogP contribution in [0.5, 0.6) is 0 Å². The van der Waals surface area contributed by atoms with Crippen LogP contribution in [0.1, 0.15) is 0 Å². The van der Waals surface area contributed by atoms with E-state index in [-0.39, 0.29) is 0 Å². The summed E-state index contributed by atoms with van der Waals surface area (Å²) in [6.45, 7) is -1.21. The maximum Gasteiger partial charge on any atom is 0.187 e. The van der Waals surface area contributed by atoms with Gasteiger partial charge in [0.05, 0.1) is 13.2 Å². The first-order valence-corrected chi connectivity index (χ1v) is 7.46. The van der Waals surface area contributed by atoms with Crippen LogP contribution in [0.2, 0.25) is 0 Å². The fraction of sp³-hybridized carbons (Fsp3) is 1.00. The Morgan fingerprint density at radius 1 is 0.708 bits per heavy atom. The molecule has 2 saturated heterocycles. The van der Waals surface area contributed by atoms with Gasteiger partial charge in [-0.2, -0.15) is 0 Å². The van der Waals surface area contributed by atoms with Gasteiger partial charge < -0.3 is 54.7 Å². The van der Waals surface area contributed by atoms with E-state index in [1.807, 2.05) is 0 Å². The van der Waals surface area contributed by atoms with Crippen LogP contribution in [0.15, 0.2) is 0 Å². The van der Waals surface area contributed by atoms with E-state index in [1.165, 1.54) is 7.11 Å². The average molecular weight is 356 g/mol. The molecule has 7 N–H and O–H groups in total. The first-order chi connectivity index (χ1) is 11.3.